The van der Waals surface area contributed by atoms with E-state index in [0.29, 0.717) is 18.4 Å². The minimum absolute atomic E-state index is 0.0136. The molecule has 3 heteroatoms. The number of ether oxygens (including phenoxy) is 1. The molecule has 1 aromatic rings. The smallest absolute Gasteiger partial charge is 0.198 e. The number of aliphatic hydroxyl groups is 1. The van der Waals surface area contributed by atoms with Crippen molar-refractivity contribution in [3.05, 3.63) is 42.0 Å². The monoisotopic (exact) mass is 232 g/mol. The van der Waals surface area contributed by atoms with E-state index in [4.69, 9.17) is 9.84 Å². The van der Waals surface area contributed by atoms with Gasteiger partial charge in [0.15, 0.2) is 5.78 Å². The number of hydrogen-bond donors (Lipinski definition) is 1. The summed E-state index contributed by atoms with van der Waals surface area (Å²) in [6.45, 7) is 0.0763. The Morgan fingerprint density at radius 3 is 2.53 bits per heavy atom. The predicted molar refractivity (Wildman–Crippen MR) is 65.5 cm³/mol. The van der Waals surface area contributed by atoms with E-state index >= 15 is 0 Å². The first-order valence-electron chi connectivity index (χ1n) is 5.72. The van der Waals surface area contributed by atoms with Crippen molar-refractivity contribution in [2.24, 2.45) is 0 Å². The van der Waals surface area contributed by atoms with Crippen molar-refractivity contribution in [1.82, 2.24) is 0 Å². The average molecular weight is 232 g/mol. The molecule has 0 spiro atoms. The summed E-state index contributed by atoms with van der Waals surface area (Å²) in [4.78, 5) is 12.1. The highest BCUT2D eigenvalue weighted by Crippen LogP contribution is 2.39. The molecule has 0 aliphatic heterocycles. The molecular formula is C14H16O3. The Kier molecular flexibility index (Phi) is 3.41. The molecule has 1 aliphatic rings. The van der Waals surface area contributed by atoms with Gasteiger partial charge in [-0.2, -0.15) is 0 Å². The fourth-order valence-electron chi connectivity index (χ4n) is 2.13. The second-order valence-electron chi connectivity index (χ2n) is 4.17. The van der Waals surface area contributed by atoms with Gasteiger partial charge < -0.3 is 9.84 Å². The Balaban J connectivity index is 2.22. The zero-order valence-corrected chi connectivity index (χ0v) is 9.85. The molecule has 0 aromatic heterocycles. The number of carbonyl (C=O) groups is 1. The van der Waals surface area contributed by atoms with E-state index in [0.717, 1.165) is 5.56 Å². The molecule has 0 bridgehead atoms. The molecule has 0 heterocycles. The first-order chi connectivity index (χ1) is 8.23. The van der Waals surface area contributed by atoms with Crippen molar-refractivity contribution in [3.63, 3.8) is 0 Å². The Hall–Kier alpha value is -1.45. The Morgan fingerprint density at radius 1 is 1.29 bits per heavy atom. The van der Waals surface area contributed by atoms with Crippen molar-refractivity contribution in [3.8, 4) is 0 Å². The van der Waals surface area contributed by atoms with Gasteiger partial charge in [-0.25, -0.2) is 0 Å². The fourth-order valence-corrected chi connectivity index (χ4v) is 2.13. The summed E-state index contributed by atoms with van der Waals surface area (Å²) in [5.74, 6) is 0.0136. The first kappa shape index (κ1) is 12.0. The first-order valence-corrected chi connectivity index (χ1v) is 5.72. The van der Waals surface area contributed by atoms with Crippen LogP contribution in [0.4, 0.5) is 0 Å². The molecule has 90 valence electrons. The highest BCUT2D eigenvalue weighted by molar-refractivity contribution is 6.32. The van der Waals surface area contributed by atoms with Crippen LogP contribution in [-0.4, -0.2) is 30.2 Å². The van der Waals surface area contributed by atoms with Crippen molar-refractivity contribution >= 4 is 11.4 Å². The average Bonchev–Trinajstić information content (AvgIpc) is 2.39. The molecule has 0 amide bonds. The summed E-state index contributed by atoms with van der Waals surface area (Å²) in [7, 11) is 1.54. The molecule has 3 nitrogen and oxygen atoms in total. The van der Waals surface area contributed by atoms with Crippen LogP contribution < -0.4 is 0 Å². The summed E-state index contributed by atoms with van der Waals surface area (Å²) in [5, 5.41) is 8.83. The number of methoxy groups -OCH3 is 1. The third-order valence-corrected chi connectivity index (χ3v) is 3.16. The van der Waals surface area contributed by atoms with E-state index < -0.39 is 5.60 Å². The summed E-state index contributed by atoms with van der Waals surface area (Å²) in [5.41, 5.74) is 0.827. The molecule has 0 saturated carbocycles. The predicted octanol–water partition coefficient (Wildman–Crippen LogP) is 1.81. The minimum atomic E-state index is -0.812. The summed E-state index contributed by atoms with van der Waals surface area (Å²) < 4.78 is 5.30. The van der Waals surface area contributed by atoms with E-state index in [9.17, 15) is 4.79 Å². The lowest BCUT2D eigenvalue weighted by Crippen LogP contribution is -2.47. The summed E-state index contributed by atoms with van der Waals surface area (Å²) >= 11 is 0. The Bertz CT molecular complexity index is 436. The van der Waals surface area contributed by atoms with Crippen LogP contribution in [0, 0.1) is 0 Å². The van der Waals surface area contributed by atoms with Gasteiger partial charge >= 0.3 is 0 Å². The molecule has 1 unspecified atom stereocenters. The van der Waals surface area contributed by atoms with Crippen molar-refractivity contribution in [2.45, 2.75) is 18.4 Å². The van der Waals surface area contributed by atoms with Gasteiger partial charge in [0.25, 0.3) is 0 Å². The van der Waals surface area contributed by atoms with Crippen molar-refractivity contribution in [2.75, 3.05) is 13.7 Å². The van der Waals surface area contributed by atoms with Crippen LogP contribution in [0.5, 0.6) is 0 Å². The van der Waals surface area contributed by atoms with E-state index in [1.54, 1.807) is 0 Å². The standard InChI is InChI=1S/C14H16O3/c1-17-14(8-5-9-15)10-12(13(14)16)11-6-3-2-4-7-11/h2-4,6-7,10,15H,5,8-9H2,1H3. The van der Waals surface area contributed by atoms with Crippen LogP contribution in [0.1, 0.15) is 18.4 Å². The number of rotatable bonds is 5. The number of ketones is 1. The van der Waals surface area contributed by atoms with Gasteiger partial charge in [-0.3, -0.25) is 4.79 Å². The van der Waals surface area contributed by atoms with Gasteiger partial charge in [0.05, 0.1) is 0 Å². The second kappa shape index (κ2) is 4.82. The van der Waals surface area contributed by atoms with Gasteiger partial charge in [0.2, 0.25) is 0 Å². The topological polar surface area (TPSA) is 46.5 Å². The highest BCUT2D eigenvalue weighted by atomic mass is 16.5. The largest absolute Gasteiger partial charge is 0.396 e. The SMILES string of the molecule is COC1(CCCO)C=C(c2ccccc2)C1=O. The summed E-state index contributed by atoms with van der Waals surface area (Å²) in [6.07, 6.45) is 2.97. The van der Waals surface area contributed by atoms with Crippen LogP contribution in [0.2, 0.25) is 0 Å². The molecule has 0 fully saturated rings. The second-order valence-corrected chi connectivity index (χ2v) is 4.17. The quantitative estimate of drug-likeness (QED) is 0.842. The van der Waals surface area contributed by atoms with Crippen LogP contribution in [0.3, 0.4) is 0 Å². The van der Waals surface area contributed by atoms with Gasteiger partial charge in [-0.1, -0.05) is 30.3 Å². The zero-order chi connectivity index (χ0) is 12.3. The van der Waals surface area contributed by atoms with Crippen molar-refractivity contribution < 1.29 is 14.6 Å². The lowest BCUT2D eigenvalue weighted by atomic mass is 9.74. The zero-order valence-electron chi connectivity index (χ0n) is 9.85. The maximum absolute atomic E-state index is 12.1. The van der Waals surface area contributed by atoms with Crippen LogP contribution in [0.25, 0.3) is 5.57 Å². The molecule has 1 N–H and O–H groups in total. The van der Waals surface area contributed by atoms with Gasteiger partial charge in [0, 0.05) is 19.3 Å². The van der Waals surface area contributed by atoms with Crippen molar-refractivity contribution in [1.29, 1.82) is 0 Å². The third kappa shape index (κ3) is 2.04. The van der Waals surface area contributed by atoms with Crippen LogP contribution >= 0.6 is 0 Å². The highest BCUT2D eigenvalue weighted by Gasteiger charge is 2.46. The van der Waals surface area contributed by atoms with E-state index in [2.05, 4.69) is 0 Å². The van der Waals surface area contributed by atoms with Crippen LogP contribution in [-0.2, 0) is 9.53 Å². The molecule has 1 aromatic carbocycles. The normalized spacial score (nSPS) is 23.2. The molecular weight excluding hydrogens is 216 g/mol. The third-order valence-electron chi connectivity index (χ3n) is 3.16. The van der Waals surface area contributed by atoms with E-state index in [1.165, 1.54) is 7.11 Å². The van der Waals surface area contributed by atoms with E-state index in [-0.39, 0.29) is 12.4 Å². The number of benzene rings is 1. The molecule has 0 radical (unpaired) electrons. The maximum Gasteiger partial charge on any atom is 0.198 e. The molecule has 1 aliphatic carbocycles. The minimum Gasteiger partial charge on any atom is -0.396 e. The lowest BCUT2D eigenvalue weighted by Gasteiger charge is -2.36. The molecule has 0 saturated heterocycles. The maximum atomic E-state index is 12.1. The summed E-state index contributed by atoms with van der Waals surface area (Å²) in [6, 6.07) is 9.56. The number of aliphatic hydroxyl groups excluding tert-OH is 1. The fraction of sp³-hybridized carbons (Fsp3) is 0.357. The Morgan fingerprint density at radius 2 is 2.00 bits per heavy atom. The molecule has 1 atom stereocenters. The van der Waals surface area contributed by atoms with Crippen LogP contribution in [0.15, 0.2) is 36.4 Å². The molecule has 2 rings (SSSR count). The Labute approximate surface area is 101 Å². The number of hydrogen-bond acceptors (Lipinski definition) is 3. The van der Waals surface area contributed by atoms with Gasteiger partial charge in [-0.15, -0.1) is 0 Å². The van der Waals surface area contributed by atoms with Gasteiger partial charge in [-0.05, 0) is 24.5 Å². The van der Waals surface area contributed by atoms with E-state index in [1.807, 2.05) is 36.4 Å². The number of carbonyl (C=O) groups excluding carboxylic acids is 1. The lowest BCUT2D eigenvalue weighted by molar-refractivity contribution is -0.133. The van der Waals surface area contributed by atoms with Gasteiger partial charge in [0.1, 0.15) is 5.60 Å². The molecule has 17 heavy (non-hydrogen) atoms. The number of Topliss-reactive ketones (excluding diaryl/α,β-unsaturated/α-hetero) is 1.